The number of benzene rings is 3. The van der Waals surface area contributed by atoms with Gasteiger partial charge in [0.15, 0.2) is 11.6 Å². The van der Waals surface area contributed by atoms with Gasteiger partial charge in [0.2, 0.25) is 5.91 Å². The summed E-state index contributed by atoms with van der Waals surface area (Å²) in [5.41, 5.74) is 1.30. The number of rotatable bonds is 6. The van der Waals surface area contributed by atoms with Crippen LogP contribution in [-0.4, -0.2) is 51.8 Å². The number of piperidine rings is 2. The fourth-order valence-corrected chi connectivity index (χ4v) is 5.81. The summed E-state index contributed by atoms with van der Waals surface area (Å²) in [5.74, 6) is -1.17. The van der Waals surface area contributed by atoms with E-state index in [1.807, 2.05) is 18.2 Å². The predicted molar refractivity (Wildman–Crippen MR) is 149 cm³/mol. The Morgan fingerprint density at radius 2 is 1.71 bits per heavy atom. The fraction of sp³-hybridized carbons (Fsp3) is 0.281. The maximum Gasteiger partial charge on any atom is 0.262 e. The Bertz CT molecular complexity index is 1550. The molecule has 3 aliphatic heterocycles. The summed E-state index contributed by atoms with van der Waals surface area (Å²) in [6, 6.07) is 17.8. The van der Waals surface area contributed by atoms with Crippen LogP contribution in [0.25, 0.3) is 0 Å². The number of fused-ring (bicyclic) bond motifs is 1. The lowest BCUT2D eigenvalue weighted by Gasteiger charge is -2.38. The van der Waals surface area contributed by atoms with Crippen LogP contribution in [0.1, 0.15) is 57.5 Å². The zero-order chi connectivity index (χ0) is 28.7. The van der Waals surface area contributed by atoms with Gasteiger partial charge in [-0.15, -0.1) is 0 Å². The Kier molecular flexibility index (Phi) is 6.93. The maximum atomic E-state index is 14.4. The van der Waals surface area contributed by atoms with Gasteiger partial charge in [0.25, 0.3) is 11.8 Å². The second kappa shape index (κ2) is 10.6. The van der Waals surface area contributed by atoms with Crippen molar-refractivity contribution in [3.63, 3.8) is 0 Å². The van der Waals surface area contributed by atoms with E-state index in [-0.39, 0.29) is 16.9 Å². The van der Waals surface area contributed by atoms with Crippen LogP contribution in [0.2, 0.25) is 0 Å². The number of amides is 3. The number of nitrogens with zero attached hydrogens (tertiary/aromatic N) is 2. The molecule has 0 saturated carbocycles. The van der Waals surface area contributed by atoms with E-state index in [4.69, 9.17) is 4.74 Å². The largest absolute Gasteiger partial charge is 0.454 e. The summed E-state index contributed by atoms with van der Waals surface area (Å²) < 4.78 is 20.1. The summed E-state index contributed by atoms with van der Waals surface area (Å²) in [6.45, 7) is 5.46. The highest BCUT2D eigenvalue weighted by atomic mass is 19.1. The number of nitrogens with one attached hydrogen (secondary N) is 1. The standard InChI is InChI=1S/C32H30FN3O5/c1-20-7-12-27(29(37)34-20)36-30(38)24-10-9-22(18-25(24)31(36)39)32(40)13-15-35(16-14-32)19-21-8-11-26(33)28(17-21)41-23-5-3-2-4-6-23/h2-6,8-11,17-18,27,40H,1,7,12-16,19H2,(H,34,37). The van der Waals surface area contributed by atoms with Crippen LogP contribution in [0.3, 0.4) is 0 Å². The van der Waals surface area contributed by atoms with E-state index in [0.29, 0.717) is 62.3 Å². The molecule has 1 unspecified atom stereocenters. The molecule has 6 rings (SSSR count). The normalized spacial score (nSPS) is 20.6. The molecule has 0 radical (unpaired) electrons. The average Bonchev–Trinajstić information content (AvgIpc) is 3.21. The molecule has 3 aromatic rings. The number of carbonyl (C=O) groups excluding carboxylic acids is 3. The van der Waals surface area contributed by atoms with Crippen molar-refractivity contribution in [1.29, 1.82) is 0 Å². The van der Waals surface area contributed by atoms with Crippen LogP contribution in [0.5, 0.6) is 11.5 Å². The molecular weight excluding hydrogens is 525 g/mol. The van der Waals surface area contributed by atoms with Crippen LogP contribution in [0, 0.1) is 5.82 Å². The smallest absolute Gasteiger partial charge is 0.262 e. The number of halogens is 1. The maximum absolute atomic E-state index is 14.4. The van der Waals surface area contributed by atoms with Gasteiger partial charge in [-0.2, -0.15) is 0 Å². The van der Waals surface area contributed by atoms with Gasteiger partial charge in [0.1, 0.15) is 11.8 Å². The highest BCUT2D eigenvalue weighted by Crippen LogP contribution is 2.37. The molecular formula is C32H30FN3O5. The summed E-state index contributed by atoms with van der Waals surface area (Å²) in [4.78, 5) is 42.0. The number of hydrogen-bond acceptors (Lipinski definition) is 6. The molecule has 0 aliphatic carbocycles. The van der Waals surface area contributed by atoms with Crippen LogP contribution in [0.15, 0.2) is 79.0 Å². The molecule has 0 spiro atoms. The molecule has 2 N–H and O–H groups in total. The van der Waals surface area contributed by atoms with Gasteiger partial charge in [0, 0.05) is 25.3 Å². The third-order valence-electron chi connectivity index (χ3n) is 8.15. The highest BCUT2D eigenvalue weighted by molar-refractivity contribution is 6.23. The van der Waals surface area contributed by atoms with E-state index < -0.39 is 35.2 Å². The van der Waals surface area contributed by atoms with Crippen molar-refractivity contribution in [3.05, 3.63) is 107 Å². The first-order valence-corrected chi connectivity index (χ1v) is 13.7. The average molecular weight is 556 g/mol. The van der Waals surface area contributed by atoms with E-state index in [9.17, 15) is 23.9 Å². The van der Waals surface area contributed by atoms with E-state index in [2.05, 4.69) is 16.8 Å². The minimum Gasteiger partial charge on any atom is -0.454 e. The van der Waals surface area contributed by atoms with Crippen molar-refractivity contribution < 1.29 is 28.6 Å². The molecule has 3 aliphatic rings. The molecule has 3 amide bonds. The number of allylic oxidation sites excluding steroid dienone is 1. The fourth-order valence-electron chi connectivity index (χ4n) is 5.81. The predicted octanol–water partition coefficient (Wildman–Crippen LogP) is 4.49. The lowest BCUT2D eigenvalue weighted by Crippen LogP contribution is -2.51. The number of para-hydroxylation sites is 1. The summed E-state index contributed by atoms with van der Waals surface area (Å²) >= 11 is 0. The third kappa shape index (κ3) is 5.14. The second-order valence-corrected chi connectivity index (χ2v) is 10.9. The number of aliphatic hydroxyl groups is 1. The van der Waals surface area contributed by atoms with Crippen molar-refractivity contribution in [2.45, 2.75) is 43.9 Å². The highest BCUT2D eigenvalue weighted by Gasteiger charge is 2.45. The van der Waals surface area contributed by atoms with Gasteiger partial charge in [-0.05, 0) is 73.2 Å². The minimum atomic E-state index is -1.17. The van der Waals surface area contributed by atoms with Crippen LogP contribution in [0.4, 0.5) is 4.39 Å². The van der Waals surface area contributed by atoms with Gasteiger partial charge in [-0.25, -0.2) is 4.39 Å². The zero-order valence-corrected chi connectivity index (χ0v) is 22.4. The molecule has 3 heterocycles. The summed E-state index contributed by atoms with van der Waals surface area (Å²) in [6.07, 6.45) is 1.65. The van der Waals surface area contributed by atoms with Crippen LogP contribution in [-0.2, 0) is 16.9 Å². The molecule has 3 aromatic carbocycles. The Balaban J connectivity index is 1.13. The van der Waals surface area contributed by atoms with Crippen LogP contribution < -0.4 is 10.1 Å². The molecule has 8 nitrogen and oxygen atoms in total. The monoisotopic (exact) mass is 555 g/mol. The second-order valence-electron chi connectivity index (χ2n) is 10.9. The third-order valence-corrected chi connectivity index (χ3v) is 8.15. The van der Waals surface area contributed by atoms with Gasteiger partial charge < -0.3 is 15.2 Å². The SMILES string of the molecule is C=C1CCC(N2C(=O)c3ccc(C4(O)CCN(Cc5ccc(F)c(Oc6ccccc6)c5)CC4)cc3C2=O)C(=O)N1. The Labute approximate surface area is 237 Å². The quantitative estimate of drug-likeness (QED) is 0.435. The van der Waals surface area contributed by atoms with Gasteiger partial charge in [-0.1, -0.05) is 36.9 Å². The summed E-state index contributed by atoms with van der Waals surface area (Å²) in [5, 5.41) is 14.2. The van der Waals surface area contributed by atoms with Gasteiger partial charge >= 0.3 is 0 Å². The number of likely N-dealkylation sites (tertiary alicyclic amines) is 1. The summed E-state index contributed by atoms with van der Waals surface area (Å²) in [7, 11) is 0. The van der Waals surface area contributed by atoms with Gasteiger partial charge in [0.05, 0.1) is 16.7 Å². The van der Waals surface area contributed by atoms with E-state index >= 15 is 0 Å². The van der Waals surface area contributed by atoms with Gasteiger partial charge in [-0.3, -0.25) is 24.2 Å². The van der Waals surface area contributed by atoms with Crippen LogP contribution >= 0.6 is 0 Å². The van der Waals surface area contributed by atoms with Crippen molar-refractivity contribution in [1.82, 2.24) is 15.1 Å². The molecule has 41 heavy (non-hydrogen) atoms. The first kappa shape index (κ1) is 26.9. The Hall–Kier alpha value is -4.34. The lowest BCUT2D eigenvalue weighted by atomic mass is 9.83. The lowest BCUT2D eigenvalue weighted by molar-refractivity contribution is -0.125. The molecule has 210 valence electrons. The number of imide groups is 1. The van der Waals surface area contributed by atoms with Crippen molar-refractivity contribution in [3.8, 4) is 11.5 Å². The molecule has 1 atom stereocenters. The van der Waals surface area contributed by atoms with E-state index in [1.165, 1.54) is 6.07 Å². The minimum absolute atomic E-state index is 0.157. The Morgan fingerprint density at radius 1 is 0.976 bits per heavy atom. The first-order chi connectivity index (χ1) is 19.7. The van der Waals surface area contributed by atoms with E-state index in [0.717, 1.165) is 10.5 Å². The topological polar surface area (TPSA) is 99.2 Å². The molecule has 0 bridgehead atoms. The molecule has 9 heteroatoms. The molecule has 2 saturated heterocycles. The van der Waals surface area contributed by atoms with Crippen molar-refractivity contribution >= 4 is 17.7 Å². The number of ether oxygens (including phenoxy) is 1. The zero-order valence-electron chi connectivity index (χ0n) is 22.4. The molecule has 0 aromatic heterocycles. The first-order valence-electron chi connectivity index (χ1n) is 13.7. The number of hydrogen-bond donors (Lipinski definition) is 2. The van der Waals surface area contributed by atoms with Crippen molar-refractivity contribution in [2.75, 3.05) is 13.1 Å². The molecule has 2 fully saturated rings. The number of carbonyl (C=O) groups is 3. The van der Waals surface area contributed by atoms with E-state index in [1.54, 1.807) is 42.5 Å². The Morgan fingerprint density at radius 3 is 2.44 bits per heavy atom. The van der Waals surface area contributed by atoms with Crippen molar-refractivity contribution in [2.24, 2.45) is 0 Å².